The number of methoxy groups -OCH3 is 1. The van der Waals surface area contributed by atoms with Gasteiger partial charge in [-0.3, -0.25) is 9.59 Å². The molecule has 2 aromatic carbocycles. The van der Waals surface area contributed by atoms with Crippen molar-refractivity contribution in [2.45, 2.75) is 25.4 Å². The number of ether oxygens (including phenoxy) is 2. The number of hydrogen-bond donors (Lipinski definition) is 2. The number of amides is 2. The van der Waals surface area contributed by atoms with Gasteiger partial charge in [0.1, 0.15) is 0 Å². The summed E-state index contributed by atoms with van der Waals surface area (Å²) >= 11 is 0. The zero-order chi connectivity index (χ0) is 22.1. The lowest BCUT2D eigenvalue weighted by Gasteiger charge is -2.14. The Morgan fingerprint density at radius 1 is 1.03 bits per heavy atom. The second-order valence-corrected chi connectivity index (χ2v) is 6.44. The Balaban J connectivity index is 1.97. The van der Waals surface area contributed by atoms with Gasteiger partial charge in [-0.05, 0) is 35.7 Å². The van der Waals surface area contributed by atoms with E-state index in [0.29, 0.717) is 23.2 Å². The Morgan fingerprint density at radius 2 is 1.77 bits per heavy atom. The van der Waals surface area contributed by atoms with E-state index in [1.807, 2.05) is 0 Å². The van der Waals surface area contributed by atoms with Gasteiger partial charge in [-0.25, -0.2) is 0 Å². The number of hydrogen-bond acceptors (Lipinski definition) is 4. The van der Waals surface area contributed by atoms with Crippen LogP contribution in [0.4, 0.5) is 18.9 Å². The fourth-order valence-electron chi connectivity index (χ4n) is 2.67. The molecule has 162 valence electrons. The molecule has 0 radical (unpaired) electrons. The first-order valence-corrected chi connectivity index (χ1v) is 9.16. The van der Waals surface area contributed by atoms with E-state index in [4.69, 9.17) is 9.47 Å². The molecule has 0 aromatic heterocycles. The van der Waals surface area contributed by atoms with Gasteiger partial charge in [0.25, 0.3) is 0 Å². The molecule has 0 bridgehead atoms. The van der Waals surface area contributed by atoms with Crippen LogP contribution in [-0.4, -0.2) is 38.8 Å². The van der Waals surface area contributed by atoms with Crippen LogP contribution >= 0.6 is 0 Å². The standard InChI is InChI=1S/C21H23F3N2O4/c1-25-20(28)12-15-5-3-4-6-16(15)26-19(27)10-8-14-7-9-17(18(11-14)29-2)30-13-21(22,23)24/h3-7,9,11H,8,10,12-13H2,1-2H3,(H,25,28)(H,26,27). The summed E-state index contributed by atoms with van der Waals surface area (Å²) in [7, 11) is 2.87. The van der Waals surface area contributed by atoms with Gasteiger partial charge in [0.15, 0.2) is 18.1 Å². The van der Waals surface area contributed by atoms with Gasteiger partial charge in [0.05, 0.1) is 13.5 Å². The molecule has 0 saturated heterocycles. The highest BCUT2D eigenvalue weighted by Gasteiger charge is 2.29. The molecular formula is C21H23F3N2O4. The minimum Gasteiger partial charge on any atom is -0.493 e. The average molecular weight is 424 g/mol. The highest BCUT2D eigenvalue weighted by atomic mass is 19.4. The van der Waals surface area contributed by atoms with Crippen molar-refractivity contribution >= 4 is 17.5 Å². The number of halogens is 3. The Hall–Kier alpha value is -3.23. The summed E-state index contributed by atoms with van der Waals surface area (Å²) < 4.78 is 46.8. The minimum atomic E-state index is -4.45. The van der Waals surface area contributed by atoms with Gasteiger partial charge in [-0.2, -0.15) is 13.2 Å². The number of likely N-dealkylation sites (N-methyl/N-ethyl adjacent to an activating group) is 1. The molecule has 2 amide bonds. The van der Waals surface area contributed by atoms with Crippen LogP contribution in [0.1, 0.15) is 17.5 Å². The number of nitrogens with one attached hydrogen (secondary N) is 2. The van der Waals surface area contributed by atoms with Crippen LogP contribution in [0, 0.1) is 0 Å². The quantitative estimate of drug-likeness (QED) is 0.646. The molecule has 0 aliphatic rings. The van der Waals surface area contributed by atoms with Crippen molar-refractivity contribution in [3.05, 3.63) is 53.6 Å². The van der Waals surface area contributed by atoms with Crippen LogP contribution in [0.2, 0.25) is 0 Å². The fraction of sp³-hybridized carbons (Fsp3) is 0.333. The lowest BCUT2D eigenvalue weighted by molar-refractivity contribution is -0.153. The molecule has 0 saturated carbocycles. The second-order valence-electron chi connectivity index (χ2n) is 6.44. The summed E-state index contributed by atoms with van der Waals surface area (Å²) in [4.78, 5) is 23.9. The molecule has 0 spiro atoms. The number of benzene rings is 2. The number of alkyl halides is 3. The third-order valence-electron chi connectivity index (χ3n) is 4.18. The molecule has 0 aliphatic heterocycles. The van der Waals surface area contributed by atoms with E-state index >= 15 is 0 Å². The Morgan fingerprint density at radius 3 is 2.43 bits per heavy atom. The number of aryl methyl sites for hydroxylation is 1. The first-order valence-electron chi connectivity index (χ1n) is 9.16. The van der Waals surface area contributed by atoms with Crippen LogP contribution in [0.3, 0.4) is 0 Å². The summed E-state index contributed by atoms with van der Waals surface area (Å²) in [6.07, 6.45) is -3.82. The summed E-state index contributed by atoms with van der Waals surface area (Å²) in [5.74, 6) is -0.286. The van der Waals surface area contributed by atoms with Crippen molar-refractivity contribution in [3.8, 4) is 11.5 Å². The van der Waals surface area contributed by atoms with E-state index in [0.717, 1.165) is 0 Å². The van der Waals surface area contributed by atoms with Crippen LogP contribution < -0.4 is 20.1 Å². The molecule has 2 rings (SSSR count). The lowest BCUT2D eigenvalue weighted by atomic mass is 10.1. The fourth-order valence-corrected chi connectivity index (χ4v) is 2.67. The summed E-state index contributed by atoms with van der Waals surface area (Å²) in [6.45, 7) is -1.42. The Kier molecular flexibility index (Phi) is 8.08. The Bertz CT molecular complexity index is 885. The van der Waals surface area contributed by atoms with Gasteiger partial charge in [0.2, 0.25) is 11.8 Å². The molecule has 30 heavy (non-hydrogen) atoms. The van der Waals surface area contributed by atoms with Crippen LogP contribution in [0.15, 0.2) is 42.5 Å². The van der Waals surface area contributed by atoms with Crippen LogP contribution in [0.25, 0.3) is 0 Å². The van der Waals surface area contributed by atoms with E-state index in [-0.39, 0.29) is 36.2 Å². The van der Waals surface area contributed by atoms with E-state index in [9.17, 15) is 22.8 Å². The number of anilines is 1. The Labute approximate surface area is 172 Å². The van der Waals surface area contributed by atoms with E-state index < -0.39 is 12.8 Å². The molecule has 2 N–H and O–H groups in total. The largest absolute Gasteiger partial charge is 0.493 e. The van der Waals surface area contributed by atoms with Crippen molar-refractivity contribution in [3.63, 3.8) is 0 Å². The van der Waals surface area contributed by atoms with E-state index in [1.165, 1.54) is 20.2 Å². The highest BCUT2D eigenvalue weighted by molar-refractivity contribution is 5.92. The number of carbonyl (C=O) groups excluding carboxylic acids is 2. The molecule has 9 heteroatoms. The van der Waals surface area contributed by atoms with Crippen molar-refractivity contribution in [1.29, 1.82) is 0 Å². The van der Waals surface area contributed by atoms with Gasteiger partial charge in [-0.1, -0.05) is 24.3 Å². The molecule has 0 unspecified atom stereocenters. The maximum absolute atomic E-state index is 12.3. The first-order chi connectivity index (χ1) is 14.2. The van der Waals surface area contributed by atoms with Crippen molar-refractivity contribution in [2.24, 2.45) is 0 Å². The zero-order valence-electron chi connectivity index (χ0n) is 16.6. The van der Waals surface area contributed by atoms with Crippen LogP contribution in [0.5, 0.6) is 11.5 Å². The number of rotatable bonds is 9. The van der Waals surface area contributed by atoms with E-state index in [2.05, 4.69) is 10.6 Å². The second kappa shape index (κ2) is 10.5. The van der Waals surface area contributed by atoms with Gasteiger partial charge < -0.3 is 20.1 Å². The van der Waals surface area contributed by atoms with E-state index in [1.54, 1.807) is 36.4 Å². The predicted molar refractivity (Wildman–Crippen MR) is 106 cm³/mol. The maximum Gasteiger partial charge on any atom is 0.422 e. The molecule has 2 aromatic rings. The lowest BCUT2D eigenvalue weighted by Crippen LogP contribution is -2.21. The third kappa shape index (κ3) is 7.31. The van der Waals surface area contributed by atoms with Crippen molar-refractivity contribution < 1.29 is 32.2 Å². The van der Waals surface area contributed by atoms with Gasteiger partial charge in [0, 0.05) is 19.2 Å². The van der Waals surface area contributed by atoms with Crippen LogP contribution in [-0.2, 0) is 22.4 Å². The summed E-state index contributed by atoms with van der Waals surface area (Å²) in [6, 6.07) is 11.5. The first kappa shape index (κ1) is 23.1. The minimum absolute atomic E-state index is 0.0221. The van der Waals surface area contributed by atoms with Crippen molar-refractivity contribution in [1.82, 2.24) is 5.32 Å². The molecule has 0 atom stereocenters. The molecule has 0 aliphatic carbocycles. The topological polar surface area (TPSA) is 76.7 Å². The number of carbonyl (C=O) groups is 2. The highest BCUT2D eigenvalue weighted by Crippen LogP contribution is 2.30. The summed E-state index contributed by atoms with van der Waals surface area (Å²) in [5.41, 5.74) is 1.96. The van der Waals surface area contributed by atoms with Crippen molar-refractivity contribution in [2.75, 3.05) is 26.1 Å². The monoisotopic (exact) mass is 424 g/mol. The maximum atomic E-state index is 12.3. The molecular weight excluding hydrogens is 401 g/mol. The summed E-state index contributed by atoms with van der Waals surface area (Å²) in [5, 5.41) is 5.32. The average Bonchev–Trinajstić information content (AvgIpc) is 2.71. The normalized spacial score (nSPS) is 11.0. The molecule has 6 nitrogen and oxygen atoms in total. The molecule has 0 fully saturated rings. The SMILES string of the molecule is CNC(=O)Cc1ccccc1NC(=O)CCc1ccc(OCC(F)(F)F)c(OC)c1. The zero-order valence-corrected chi connectivity index (χ0v) is 16.6. The predicted octanol–water partition coefficient (Wildman–Crippen LogP) is 3.50. The molecule has 0 heterocycles. The van der Waals surface area contributed by atoms with Gasteiger partial charge >= 0.3 is 6.18 Å². The third-order valence-corrected chi connectivity index (χ3v) is 4.18. The van der Waals surface area contributed by atoms with Gasteiger partial charge in [-0.15, -0.1) is 0 Å². The smallest absolute Gasteiger partial charge is 0.422 e. The number of para-hydroxylation sites is 1.